The monoisotopic (exact) mass is 376 g/mol. The molecule has 0 heterocycles. The van der Waals surface area contributed by atoms with Crippen molar-refractivity contribution in [2.45, 2.75) is 64.1 Å². The summed E-state index contributed by atoms with van der Waals surface area (Å²) in [4.78, 5) is 22.6. The molecule has 150 valence electrons. The van der Waals surface area contributed by atoms with Gasteiger partial charge in [-0.2, -0.15) is 0 Å². The molecule has 0 spiro atoms. The fourth-order valence-electron chi connectivity index (χ4n) is 3.10. The van der Waals surface area contributed by atoms with Gasteiger partial charge in [-0.15, -0.1) is 0 Å². The molecule has 0 radical (unpaired) electrons. The average molecular weight is 376 g/mol. The lowest BCUT2D eigenvalue weighted by Gasteiger charge is -2.16. The average Bonchev–Trinajstić information content (AvgIpc) is 2.88. The Morgan fingerprint density at radius 2 is 1.93 bits per heavy atom. The molecular formula is C22H32O5. The van der Waals surface area contributed by atoms with Crippen LogP contribution in [0.5, 0.6) is 0 Å². The van der Waals surface area contributed by atoms with Crippen molar-refractivity contribution >= 4 is 11.8 Å². The van der Waals surface area contributed by atoms with E-state index in [1.54, 1.807) is 12.2 Å². The quantitative estimate of drug-likeness (QED) is 0.453. The largest absolute Gasteiger partial charge is 0.481 e. The molecule has 1 rings (SSSR count). The number of aliphatic hydroxyl groups excluding tert-OH is 2. The predicted octanol–water partition coefficient (Wildman–Crippen LogP) is 3.58. The number of carboxylic acids is 1. The molecule has 0 unspecified atom stereocenters. The minimum Gasteiger partial charge on any atom is -0.481 e. The van der Waals surface area contributed by atoms with Crippen molar-refractivity contribution in [2.75, 3.05) is 0 Å². The highest BCUT2D eigenvalue weighted by molar-refractivity contribution is 5.84. The molecule has 4 atom stereocenters. The first-order valence-electron chi connectivity index (χ1n) is 9.69. The van der Waals surface area contributed by atoms with Crippen molar-refractivity contribution in [3.8, 4) is 0 Å². The highest BCUT2D eigenvalue weighted by Gasteiger charge is 2.39. The van der Waals surface area contributed by atoms with Crippen LogP contribution in [0.2, 0.25) is 0 Å². The number of Topliss-reactive ketones (excluding diaryl/α,β-unsaturated/α-hetero) is 1. The molecule has 5 heteroatoms. The first-order valence-corrected chi connectivity index (χ1v) is 9.69. The van der Waals surface area contributed by atoms with Gasteiger partial charge in [0.1, 0.15) is 5.78 Å². The van der Waals surface area contributed by atoms with Crippen molar-refractivity contribution in [1.82, 2.24) is 0 Å². The Morgan fingerprint density at radius 3 is 2.63 bits per heavy atom. The van der Waals surface area contributed by atoms with Crippen LogP contribution < -0.4 is 0 Å². The number of allylic oxidation sites excluding steroid dienone is 5. The summed E-state index contributed by atoms with van der Waals surface area (Å²) in [6.45, 7) is 2.03. The first kappa shape index (κ1) is 23.1. The second kappa shape index (κ2) is 13.2. The van der Waals surface area contributed by atoms with Crippen molar-refractivity contribution in [3.63, 3.8) is 0 Å². The molecule has 0 saturated heterocycles. The minimum absolute atomic E-state index is 0.0548. The Balaban J connectivity index is 2.48. The maximum atomic E-state index is 12.1. The van der Waals surface area contributed by atoms with Crippen LogP contribution in [0.4, 0.5) is 0 Å². The van der Waals surface area contributed by atoms with Crippen LogP contribution in [-0.2, 0) is 9.59 Å². The zero-order valence-electron chi connectivity index (χ0n) is 16.0. The third kappa shape index (κ3) is 9.50. The molecule has 1 aliphatic rings. The summed E-state index contributed by atoms with van der Waals surface area (Å²) in [5.74, 6) is -1.28. The lowest BCUT2D eigenvalue weighted by atomic mass is 9.90. The van der Waals surface area contributed by atoms with Crippen LogP contribution in [0.15, 0.2) is 48.6 Å². The van der Waals surface area contributed by atoms with E-state index in [0.29, 0.717) is 25.7 Å². The first-order chi connectivity index (χ1) is 13.0. The smallest absolute Gasteiger partial charge is 0.303 e. The van der Waals surface area contributed by atoms with Crippen molar-refractivity contribution in [3.05, 3.63) is 48.6 Å². The third-order valence-corrected chi connectivity index (χ3v) is 4.59. The Bertz CT molecular complexity index is 573. The Morgan fingerprint density at radius 1 is 1.19 bits per heavy atom. The number of carbonyl (C=O) groups excluding carboxylic acids is 1. The molecule has 1 fully saturated rings. The molecule has 0 aromatic carbocycles. The molecular weight excluding hydrogens is 344 g/mol. The van der Waals surface area contributed by atoms with Crippen LogP contribution in [0.1, 0.15) is 51.9 Å². The van der Waals surface area contributed by atoms with E-state index < -0.39 is 18.2 Å². The van der Waals surface area contributed by atoms with Crippen molar-refractivity contribution in [1.29, 1.82) is 0 Å². The molecule has 27 heavy (non-hydrogen) atoms. The molecule has 0 aromatic heterocycles. The van der Waals surface area contributed by atoms with E-state index in [2.05, 4.69) is 0 Å². The second-order valence-corrected chi connectivity index (χ2v) is 6.84. The zero-order chi connectivity index (χ0) is 20.1. The Kier molecular flexibility index (Phi) is 11.3. The Labute approximate surface area is 161 Å². The van der Waals surface area contributed by atoms with Gasteiger partial charge >= 0.3 is 5.97 Å². The summed E-state index contributed by atoms with van der Waals surface area (Å²) < 4.78 is 0. The number of ketones is 1. The van der Waals surface area contributed by atoms with Gasteiger partial charge in [-0.25, -0.2) is 0 Å². The van der Waals surface area contributed by atoms with Crippen LogP contribution in [0.3, 0.4) is 0 Å². The van der Waals surface area contributed by atoms with E-state index in [1.807, 2.05) is 43.4 Å². The van der Waals surface area contributed by atoms with Gasteiger partial charge in [0.2, 0.25) is 0 Å². The molecule has 5 nitrogen and oxygen atoms in total. The van der Waals surface area contributed by atoms with Crippen molar-refractivity contribution < 1.29 is 24.9 Å². The third-order valence-electron chi connectivity index (χ3n) is 4.59. The van der Waals surface area contributed by atoms with Crippen molar-refractivity contribution in [2.24, 2.45) is 11.8 Å². The highest BCUT2D eigenvalue weighted by Crippen LogP contribution is 2.33. The van der Waals surface area contributed by atoms with Gasteiger partial charge in [0.15, 0.2) is 0 Å². The van der Waals surface area contributed by atoms with E-state index in [-0.39, 0.29) is 30.5 Å². The normalized spacial score (nSPS) is 24.9. The minimum atomic E-state index is -0.806. The number of aliphatic carboxylic acids is 1. The molecule has 0 aromatic rings. The van der Waals surface area contributed by atoms with Crippen LogP contribution in [-0.4, -0.2) is 39.3 Å². The summed E-state index contributed by atoms with van der Waals surface area (Å²) in [7, 11) is 0. The number of hydrogen-bond donors (Lipinski definition) is 3. The summed E-state index contributed by atoms with van der Waals surface area (Å²) >= 11 is 0. The SMILES string of the molecule is CC/C=C\C[C@H](O)/C=C/[C@@H]1[C@H](O)CC(=O)[C@H]1C/C=C\C/C=C\CCC(=O)O. The summed E-state index contributed by atoms with van der Waals surface area (Å²) in [5, 5.41) is 28.7. The number of carboxylic acid groups (broad SMARTS) is 1. The summed E-state index contributed by atoms with van der Waals surface area (Å²) in [5.41, 5.74) is 0. The lowest BCUT2D eigenvalue weighted by Crippen LogP contribution is -2.18. The fraction of sp³-hybridized carbons (Fsp3) is 0.545. The van der Waals surface area contributed by atoms with E-state index >= 15 is 0 Å². The molecule has 3 N–H and O–H groups in total. The van der Waals surface area contributed by atoms with Crippen LogP contribution in [0, 0.1) is 11.8 Å². The molecule has 0 bridgehead atoms. The Hall–Kier alpha value is -1.98. The standard InChI is InChI=1S/C22H32O5/c1-2-3-8-11-17(23)14-15-19-18(20(24)16-21(19)25)12-9-6-4-5-7-10-13-22(26)27/h3,5-9,14-15,17-19,21,23,25H,2,4,10-13,16H2,1H3,(H,26,27)/b7-5-,8-3-,9-6-,15-14+/t17-,18-,19-,21+/m0/s1. The summed E-state index contributed by atoms with van der Waals surface area (Å²) in [6, 6.07) is 0. The van der Waals surface area contributed by atoms with Crippen LogP contribution >= 0.6 is 0 Å². The van der Waals surface area contributed by atoms with Gasteiger partial charge < -0.3 is 15.3 Å². The zero-order valence-corrected chi connectivity index (χ0v) is 16.0. The molecule has 1 saturated carbocycles. The predicted molar refractivity (Wildman–Crippen MR) is 106 cm³/mol. The highest BCUT2D eigenvalue weighted by atomic mass is 16.4. The second-order valence-electron chi connectivity index (χ2n) is 6.84. The van der Waals surface area contributed by atoms with Gasteiger partial charge in [0.05, 0.1) is 12.2 Å². The maximum Gasteiger partial charge on any atom is 0.303 e. The lowest BCUT2D eigenvalue weighted by molar-refractivity contribution is -0.136. The number of hydrogen-bond acceptors (Lipinski definition) is 4. The van der Waals surface area contributed by atoms with Gasteiger partial charge in [-0.05, 0) is 32.1 Å². The van der Waals surface area contributed by atoms with Gasteiger partial charge in [-0.1, -0.05) is 55.5 Å². The van der Waals surface area contributed by atoms with Gasteiger partial charge in [0, 0.05) is 24.7 Å². The van der Waals surface area contributed by atoms with E-state index in [4.69, 9.17) is 5.11 Å². The van der Waals surface area contributed by atoms with E-state index in [1.165, 1.54) is 0 Å². The number of aliphatic hydroxyl groups is 2. The van der Waals surface area contributed by atoms with E-state index in [9.17, 15) is 19.8 Å². The fourth-order valence-corrected chi connectivity index (χ4v) is 3.10. The summed E-state index contributed by atoms with van der Waals surface area (Å²) in [6.07, 6.45) is 17.2. The van der Waals surface area contributed by atoms with Gasteiger partial charge in [-0.3, -0.25) is 9.59 Å². The number of carbonyl (C=O) groups is 2. The molecule has 0 aliphatic heterocycles. The van der Waals surface area contributed by atoms with Crippen LogP contribution in [0.25, 0.3) is 0 Å². The number of rotatable bonds is 12. The topological polar surface area (TPSA) is 94.8 Å². The molecule has 1 aliphatic carbocycles. The van der Waals surface area contributed by atoms with Gasteiger partial charge in [0.25, 0.3) is 0 Å². The maximum absolute atomic E-state index is 12.1. The molecule has 0 amide bonds. The van der Waals surface area contributed by atoms with E-state index in [0.717, 1.165) is 6.42 Å².